The highest BCUT2D eigenvalue weighted by atomic mass is 15.1. The van der Waals surface area contributed by atoms with Crippen LogP contribution in [0.1, 0.15) is 22.3 Å². The minimum Gasteiger partial charge on any atom is -0.310 e. The summed E-state index contributed by atoms with van der Waals surface area (Å²) in [6.07, 6.45) is 0. The third-order valence-electron chi connectivity index (χ3n) is 12.1. The van der Waals surface area contributed by atoms with Gasteiger partial charge in [0, 0.05) is 16.9 Å². The minimum atomic E-state index is -0.473. The Labute approximate surface area is 339 Å². The van der Waals surface area contributed by atoms with E-state index in [2.05, 4.69) is 241 Å². The van der Waals surface area contributed by atoms with E-state index < -0.39 is 5.41 Å². The van der Waals surface area contributed by atoms with E-state index >= 15 is 0 Å². The van der Waals surface area contributed by atoms with Crippen LogP contribution >= 0.6 is 0 Å². The number of nitrogens with zero attached hydrogens (tertiary/aromatic N) is 1. The lowest BCUT2D eigenvalue weighted by Gasteiger charge is -2.34. The van der Waals surface area contributed by atoms with E-state index in [4.69, 9.17) is 0 Å². The van der Waals surface area contributed by atoms with E-state index in [0.29, 0.717) is 0 Å². The van der Waals surface area contributed by atoms with Crippen LogP contribution in [0.2, 0.25) is 0 Å². The Kier molecular flexibility index (Phi) is 8.12. The predicted octanol–water partition coefficient (Wildman–Crippen LogP) is 15.2. The van der Waals surface area contributed by atoms with Crippen LogP contribution in [0.5, 0.6) is 0 Å². The maximum absolute atomic E-state index is 2.43. The van der Waals surface area contributed by atoms with E-state index in [9.17, 15) is 0 Å². The normalized spacial score (nSPS) is 12.6. The summed E-state index contributed by atoms with van der Waals surface area (Å²) in [6.45, 7) is 0. The zero-order valence-corrected chi connectivity index (χ0v) is 32.0. The monoisotopic (exact) mass is 737 g/mol. The number of hydrogen-bond acceptors (Lipinski definition) is 1. The molecule has 10 aromatic carbocycles. The fraction of sp³-hybridized carbons (Fsp3) is 0.0175. The van der Waals surface area contributed by atoms with Crippen LogP contribution in [-0.2, 0) is 5.41 Å². The van der Waals surface area contributed by atoms with Crippen LogP contribution in [0.15, 0.2) is 237 Å². The maximum atomic E-state index is 2.43. The van der Waals surface area contributed by atoms with Crippen molar-refractivity contribution in [3.8, 4) is 33.4 Å². The van der Waals surface area contributed by atoms with Gasteiger partial charge in [0.2, 0.25) is 0 Å². The van der Waals surface area contributed by atoms with Crippen molar-refractivity contribution in [3.63, 3.8) is 0 Å². The molecule has 58 heavy (non-hydrogen) atoms. The number of rotatable bonds is 7. The van der Waals surface area contributed by atoms with Crippen molar-refractivity contribution in [2.75, 3.05) is 4.90 Å². The van der Waals surface area contributed by atoms with Crippen LogP contribution in [-0.4, -0.2) is 0 Å². The summed E-state index contributed by atoms with van der Waals surface area (Å²) in [4.78, 5) is 2.43. The molecule has 0 atom stereocenters. The molecule has 10 aromatic rings. The number of anilines is 3. The standard InChI is InChI=1S/C57H39N/c1-4-19-46(20-5-1)57(47-21-6-2-7-22-47)53-27-13-12-25-52(53)56-54(57)28-15-29-55(56)58(48-23-8-3-9-24-48)49-35-32-41(33-36-49)50-26-14-18-45-39-44(34-37-51(45)50)43-31-30-40-16-10-11-17-42(40)38-43/h1-39H. The Morgan fingerprint density at radius 3 is 1.57 bits per heavy atom. The lowest BCUT2D eigenvalue weighted by atomic mass is 9.68. The Balaban J connectivity index is 1.04. The van der Waals surface area contributed by atoms with Crippen LogP contribution in [0.3, 0.4) is 0 Å². The largest absolute Gasteiger partial charge is 0.310 e. The van der Waals surface area contributed by atoms with Crippen molar-refractivity contribution in [1.29, 1.82) is 0 Å². The molecular formula is C57H39N. The highest BCUT2D eigenvalue weighted by molar-refractivity contribution is 6.01. The van der Waals surface area contributed by atoms with E-state index in [-0.39, 0.29) is 0 Å². The minimum absolute atomic E-state index is 0.473. The smallest absolute Gasteiger partial charge is 0.0714 e. The second-order valence-corrected chi connectivity index (χ2v) is 15.2. The van der Waals surface area contributed by atoms with Crippen molar-refractivity contribution in [3.05, 3.63) is 259 Å². The molecule has 0 N–H and O–H groups in total. The molecular weight excluding hydrogens is 699 g/mol. The molecule has 0 heterocycles. The van der Waals surface area contributed by atoms with Crippen molar-refractivity contribution in [2.24, 2.45) is 0 Å². The fourth-order valence-corrected chi connectivity index (χ4v) is 9.54. The summed E-state index contributed by atoms with van der Waals surface area (Å²) in [5, 5.41) is 5.00. The van der Waals surface area contributed by atoms with Crippen molar-refractivity contribution in [2.45, 2.75) is 5.41 Å². The Morgan fingerprint density at radius 1 is 0.310 bits per heavy atom. The summed E-state index contributed by atoms with van der Waals surface area (Å²) in [5.74, 6) is 0. The molecule has 0 aromatic heterocycles. The summed E-state index contributed by atoms with van der Waals surface area (Å²) < 4.78 is 0. The van der Waals surface area contributed by atoms with Gasteiger partial charge in [0.05, 0.1) is 11.1 Å². The molecule has 0 aliphatic heterocycles. The van der Waals surface area contributed by atoms with Gasteiger partial charge in [-0.2, -0.15) is 0 Å². The van der Waals surface area contributed by atoms with Gasteiger partial charge in [0.15, 0.2) is 0 Å². The molecule has 0 spiro atoms. The maximum Gasteiger partial charge on any atom is 0.0714 e. The lowest BCUT2D eigenvalue weighted by molar-refractivity contribution is 0.768. The van der Waals surface area contributed by atoms with Gasteiger partial charge in [-0.3, -0.25) is 0 Å². The second kappa shape index (κ2) is 13.9. The average molecular weight is 738 g/mol. The SMILES string of the molecule is c1ccc(N(c2ccc(-c3cccc4cc(-c5ccc6ccccc6c5)ccc34)cc2)c2cccc3c2-c2ccccc2C3(c2ccccc2)c2ccccc2)cc1. The highest BCUT2D eigenvalue weighted by Gasteiger charge is 2.47. The van der Waals surface area contributed by atoms with E-state index in [0.717, 1.165) is 17.1 Å². The molecule has 1 nitrogen and oxygen atoms in total. The number of para-hydroxylation sites is 1. The first kappa shape index (κ1) is 33.8. The zero-order valence-electron chi connectivity index (χ0n) is 32.0. The summed E-state index contributed by atoms with van der Waals surface area (Å²) in [6, 6.07) is 86.7. The van der Waals surface area contributed by atoms with Crippen molar-refractivity contribution in [1.82, 2.24) is 0 Å². The Bertz CT molecular complexity index is 3050. The van der Waals surface area contributed by atoms with Crippen LogP contribution in [0, 0.1) is 0 Å². The van der Waals surface area contributed by atoms with Crippen LogP contribution in [0.25, 0.3) is 54.9 Å². The van der Waals surface area contributed by atoms with Gasteiger partial charge in [0.1, 0.15) is 0 Å². The summed E-state index contributed by atoms with van der Waals surface area (Å²) in [5.41, 5.74) is 15.4. The topological polar surface area (TPSA) is 3.24 Å². The molecule has 1 heteroatoms. The molecule has 0 saturated carbocycles. The van der Waals surface area contributed by atoms with Gasteiger partial charge in [-0.25, -0.2) is 0 Å². The molecule has 0 saturated heterocycles. The van der Waals surface area contributed by atoms with Gasteiger partial charge in [-0.15, -0.1) is 0 Å². The lowest BCUT2D eigenvalue weighted by Crippen LogP contribution is -2.28. The molecule has 0 unspecified atom stereocenters. The molecule has 0 bridgehead atoms. The third kappa shape index (κ3) is 5.39. The molecule has 1 aliphatic carbocycles. The second-order valence-electron chi connectivity index (χ2n) is 15.2. The number of fused-ring (bicyclic) bond motifs is 5. The van der Waals surface area contributed by atoms with Crippen LogP contribution in [0.4, 0.5) is 17.1 Å². The molecule has 1 aliphatic rings. The fourth-order valence-electron chi connectivity index (χ4n) is 9.54. The van der Waals surface area contributed by atoms with E-state index in [1.807, 2.05) is 0 Å². The highest BCUT2D eigenvalue weighted by Crippen LogP contribution is 2.59. The first-order valence-corrected chi connectivity index (χ1v) is 20.1. The third-order valence-corrected chi connectivity index (χ3v) is 12.1. The Morgan fingerprint density at radius 2 is 0.828 bits per heavy atom. The summed E-state index contributed by atoms with van der Waals surface area (Å²) >= 11 is 0. The Hall–Kier alpha value is -7.48. The van der Waals surface area contributed by atoms with Gasteiger partial charge in [-0.1, -0.05) is 194 Å². The zero-order chi connectivity index (χ0) is 38.5. The number of hydrogen-bond donors (Lipinski definition) is 0. The van der Waals surface area contributed by atoms with E-state index in [1.165, 1.54) is 77.2 Å². The molecule has 0 radical (unpaired) electrons. The number of benzene rings is 10. The molecule has 272 valence electrons. The summed E-state index contributed by atoms with van der Waals surface area (Å²) in [7, 11) is 0. The van der Waals surface area contributed by atoms with Gasteiger partial charge < -0.3 is 4.90 Å². The van der Waals surface area contributed by atoms with Gasteiger partial charge in [-0.05, 0) is 114 Å². The quantitative estimate of drug-likeness (QED) is 0.157. The van der Waals surface area contributed by atoms with Gasteiger partial charge in [0.25, 0.3) is 0 Å². The molecule has 11 rings (SSSR count). The average Bonchev–Trinajstić information content (AvgIpc) is 3.61. The predicted molar refractivity (Wildman–Crippen MR) is 244 cm³/mol. The molecule has 0 amide bonds. The van der Waals surface area contributed by atoms with E-state index in [1.54, 1.807) is 0 Å². The first-order valence-electron chi connectivity index (χ1n) is 20.1. The first-order chi connectivity index (χ1) is 28.8. The van der Waals surface area contributed by atoms with Crippen molar-refractivity contribution >= 4 is 38.6 Å². The molecule has 0 fully saturated rings. The van der Waals surface area contributed by atoms with Crippen LogP contribution < -0.4 is 4.90 Å². The van der Waals surface area contributed by atoms with Gasteiger partial charge >= 0.3 is 0 Å². The van der Waals surface area contributed by atoms with Crippen molar-refractivity contribution < 1.29 is 0 Å².